The summed E-state index contributed by atoms with van der Waals surface area (Å²) in [6, 6.07) is 6.13. The molecule has 0 saturated heterocycles. The number of H-pyrrole nitrogens is 1. The largest absolute Gasteiger partial charge is 0.533 e. The van der Waals surface area contributed by atoms with Gasteiger partial charge in [0, 0.05) is 16.5 Å². The fourth-order valence-electron chi connectivity index (χ4n) is 4.89. The number of carbonyl (C=O) groups excluding carboxylic acids is 1. The van der Waals surface area contributed by atoms with Crippen molar-refractivity contribution in [3.8, 4) is 5.75 Å². The molecular weight excluding hydrogens is 499 g/mol. The number of hydroxylamine groups is 1. The average Bonchev–Trinajstić information content (AvgIpc) is 3.12. The predicted molar refractivity (Wildman–Crippen MR) is 138 cm³/mol. The van der Waals surface area contributed by atoms with E-state index >= 15 is 0 Å². The van der Waals surface area contributed by atoms with Gasteiger partial charge in [-0.25, -0.2) is 9.18 Å². The van der Waals surface area contributed by atoms with Gasteiger partial charge >= 0.3 is 6.16 Å². The Morgan fingerprint density at radius 3 is 2.59 bits per heavy atom. The highest BCUT2D eigenvalue weighted by Crippen LogP contribution is 2.35. The molecular formula is C27H30ClFN4O4. The minimum Gasteiger partial charge on any atom is -0.490 e. The van der Waals surface area contributed by atoms with Crippen molar-refractivity contribution in [1.29, 1.82) is 0 Å². The van der Waals surface area contributed by atoms with E-state index in [0.717, 1.165) is 47.6 Å². The summed E-state index contributed by atoms with van der Waals surface area (Å²) in [4.78, 5) is 21.6. The molecule has 0 atom stereocenters. The molecule has 1 saturated carbocycles. The molecule has 5 rings (SSSR count). The van der Waals surface area contributed by atoms with E-state index in [4.69, 9.17) is 25.9 Å². The van der Waals surface area contributed by atoms with E-state index in [1.54, 1.807) is 39.0 Å². The highest BCUT2D eigenvalue weighted by molar-refractivity contribution is 6.34. The zero-order chi connectivity index (χ0) is 26.2. The van der Waals surface area contributed by atoms with Gasteiger partial charge in [-0.15, -0.1) is 0 Å². The van der Waals surface area contributed by atoms with Crippen LogP contribution in [0.3, 0.4) is 0 Å². The van der Waals surface area contributed by atoms with Gasteiger partial charge in [0.25, 0.3) is 0 Å². The van der Waals surface area contributed by atoms with E-state index in [1.165, 1.54) is 17.2 Å². The standard InChI is InChI=1S/C27H30ClFN4O4/c1-27(2,3)36-26(34)37-33-13-12-17(28)14-22-25(33)21-15-30-32-23(24(21)31-22)16-4-8-19(9-5-16)35-20-10-6-18(29)7-11-20/h6-7,10-12,14,16,19,31H,4-5,8-9,13,15H2,1-3H3. The number of ether oxygens (including phenoxy) is 2. The molecule has 0 radical (unpaired) electrons. The third-order valence-electron chi connectivity index (χ3n) is 6.50. The summed E-state index contributed by atoms with van der Waals surface area (Å²) in [6.45, 7) is 5.97. The van der Waals surface area contributed by atoms with Crippen LogP contribution in [-0.4, -0.2) is 29.4 Å². The molecule has 3 heterocycles. The maximum absolute atomic E-state index is 13.2. The third kappa shape index (κ3) is 5.82. The number of benzene rings is 1. The zero-order valence-electron chi connectivity index (χ0n) is 21.1. The normalized spacial score (nSPS) is 21.3. The number of carbonyl (C=O) groups is 1. The number of hydrogen-bond acceptors (Lipinski definition) is 7. The Kier molecular flexibility index (Phi) is 6.98. The van der Waals surface area contributed by atoms with Crippen molar-refractivity contribution in [2.75, 3.05) is 11.6 Å². The van der Waals surface area contributed by atoms with Gasteiger partial charge in [-0.3, -0.25) is 0 Å². The van der Waals surface area contributed by atoms with E-state index in [9.17, 15) is 9.18 Å². The van der Waals surface area contributed by atoms with E-state index in [1.807, 2.05) is 6.08 Å². The quantitative estimate of drug-likeness (QED) is 0.533. The number of halogens is 2. The van der Waals surface area contributed by atoms with E-state index in [0.29, 0.717) is 23.0 Å². The lowest BCUT2D eigenvalue weighted by molar-refractivity contribution is -0.0116. The second-order valence-corrected chi connectivity index (χ2v) is 10.9. The van der Waals surface area contributed by atoms with Crippen LogP contribution in [0.2, 0.25) is 0 Å². The lowest BCUT2D eigenvalue weighted by atomic mass is 9.84. The number of rotatable bonds is 4. The Bertz CT molecular complexity index is 1350. The summed E-state index contributed by atoms with van der Waals surface area (Å²) in [7, 11) is 0. The van der Waals surface area contributed by atoms with Gasteiger partial charge in [0.2, 0.25) is 0 Å². The summed E-state index contributed by atoms with van der Waals surface area (Å²) in [5.41, 5.74) is 1.82. The molecule has 3 aliphatic rings. The van der Waals surface area contributed by atoms with E-state index < -0.39 is 11.8 Å². The molecule has 0 unspecified atom stereocenters. The van der Waals surface area contributed by atoms with Crippen LogP contribution in [0.1, 0.15) is 52.0 Å². The van der Waals surface area contributed by atoms with Crippen LogP contribution in [0.4, 0.5) is 14.9 Å². The number of nitrogens with one attached hydrogen (secondary N) is 1. The van der Waals surface area contributed by atoms with Gasteiger partial charge in [0.05, 0.1) is 35.6 Å². The zero-order valence-corrected chi connectivity index (χ0v) is 21.8. The number of fused-ring (bicyclic) bond motifs is 3. The smallest absolute Gasteiger partial charge is 0.490 e. The highest BCUT2D eigenvalue weighted by Gasteiger charge is 2.31. The average molecular weight is 529 g/mol. The van der Waals surface area contributed by atoms with Gasteiger partial charge in [-0.2, -0.15) is 15.3 Å². The first-order chi connectivity index (χ1) is 17.7. The highest BCUT2D eigenvalue weighted by atomic mass is 35.5. The SMILES string of the molecule is CC(C)(C)OC(=O)ON1CC=C(Cl)C=c2[nH]c3c(c21)CN=NC=3C1CCC(Oc2ccc(F)cc2)CC1. The summed E-state index contributed by atoms with van der Waals surface area (Å²) >= 11 is 6.40. The molecule has 196 valence electrons. The van der Waals surface area contributed by atoms with Crippen LogP contribution in [0.25, 0.3) is 11.8 Å². The van der Waals surface area contributed by atoms with Gasteiger partial charge in [0.1, 0.15) is 22.9 Å². The van der Waals surface area contributed by atoms with Crippen molar-refractivity contribution in [2.24, 2.45) is 16.1 Å². The van der Waals surface area contributed by atoms with Gasteiger partial charge in [0.15, 0.2) is 0 Å². The Labute approximate surface area is 219 Å². The number of anilines is 1. The molecule has 2 aromatic rings. The van der Waals surface area contributed by atoms with E-state index in [2.05, 4.69) is 15.2 Å². The molecule has 37 heavy (non-hydrogen) atoms. The summed E-state index contributed by atoms with van der Waals surface area (Å²) < 4.78 is 24.6. The van der Waals surface area contributed by atoms with Crippen LogP contribution in [-0.2, 0) is 16.1 Å². The molecule has 8 nitrogen and oxygen atoms in total. The summed E-state index contributed by atoms with van der Waals surface area (Å²) in [6.07, 6.45) is 6.33. The summed E-state index contributed by atoms with van der Waals surface area (Å²) in [5.74, 6) is 0.597. The first-order valence-electron chi connectivity index (χ1n) is 12.5. The third-order valence-corrected chi connectivity index (χ3v) is 6.76. The number of aromatic amines is 1. The molecule has 0 bridgehead atoms. The van der Waals surface area contributed by atoms with Crippen LogP contribution in [0.15, 0.2) is 45.6 Å². The van der Waals surface area contributed by atoms with E-state index in [-0.39, 0.29) is 24.4 Å². The minimum absolute atomic E-state index is 0.0673. The maximum Gasteiger partial charge on any atom is 0.533 e. The Morgan fingerprint density at radius 2 is 1.89 bits per heavy atom. The monoisotopic (exact) mass is 528 g/mol. The van der Waals surface area contributed by atoms with Crippen LogP contribution in [0, 0.1) is 11.7 Å². The number of allylic oxidation sites excluding steroid dienone is 1. The van der Waals surface area contributed by atoms with Crippen molar-refractivity contribution in [3.63, 3.8) is 0 Å². The van der Waals surface area contributed by atoms with Crippen molar-refractivity contribution in [2.45, 2.75) is 64.7 Å². The lowest BCUT2D eigenvalue weighted by Crippen LogP contribution is -2.34. The van der Waals surface area contributed by atoms with Crippen molar-refractivity contribution in [1.82, 2.24) is 4.98 Å². The molecule has 1 aliphatic carbocycles. The van der Waals surface area contributed by atoms with Crippen LogP contribution < -0.4 is 20.5 Å². The first-order valence-corrected chi connectivity index (χ1v) is 12.8. The Morgan fingerprint density at radius 1 is 1.16 bits per heavy atom. The van der Waals surface area contributed by atoms with Crippen molar-refractivity contribution < 1.29 is 23.5 Å². The molecule has 1 N–H and O–H groups in total. The molecule has 0 amide bonds. The number of hydrogen-bond donors (Lipinski definition) is 1. The molecule has 2 aliphatic heterocycles. The first kappa shape index (κ1) is 25.3. The van der Waals surface area contributed by atoms with Gasteiger partial charge < -0.3 is 19.3 Å². The predicted octanol–water partition coefficient (Wildman–Crippen LogP) is 5.46. The number of azo groups is 1. The fraction of sp³-hybridized carbons (Fsp3) is 0.444. The topological polar surface area (TPSA) is 88.5 Å². The molecule has 1 aromatic carbocycles. The number of aromatic nitrogens is 1. The maximum atomic E-state index is 13.2. The van der Waals surface area contributed by atoms with Crippen LogP contribution >= 0.6 is 11.6 Å². The fourth-order valence-corrected chi connectivity index (χ4v) is 5.07. The molecule has 1 fully saturated rings. The van der Waals surface area contributed by atoms with Gasteiger partial charge in [-0.1, -0.05) is 11.6 Å². The second-order valence-electron chi connectivity index (χ2n) is 10.4. The van der Waals surface area contributed by atoms with Crippen molar-refractivity contribution >= 4 is 35.2 Å². The Hall–Kier alpha value is -3.33. The number of nitrogens with zero attached hydrogens (tertiary/aromatic N) is 3. The van der Waals surface area contributed by atoms with Gasteiger partial charge in [-0.05, 0) is 82.9 Å². The molecule has 0 spiro atoms. The minimum atomic E-state index is -0.791. The summed E-state index contributed by atoms with van der Waals surface area (Å²) in [5, 5.41) is 12.6. The van der Waals surface area contributed by atoms with Crippen molar-refractivity contribution in [3.05, 3.63) is 57.5 Å². The Balaban J connectivity index is 1.39. The second kappa shape index (κ2) is 10.2. The van der Waals surface area contributed by atoms with Crippen LogP contribution in [0.5, 0.6) is 5.75 Å². The lowest BCUT2D eigenvalue weighted by Gasteiger charge is -2.29. The molecule has 1 aromatic heterocycles. The molecule has 10 heteroatoms.